The first-order chi connectivity index (χ1) is 17.0. The van der Waals surface area contributed by atoms with Gasteiger partial charge in [0.25, 0.3) is 0 Å². The van der Waals surface area contributed by atoms with E-state index in [1.165, 1.54) is 0 Å². The Morgan fingerprint density at radius 1 is 0.944 bits per heavy atom. The maximum Gasteiger partial charge on any atom is 0.410 e. The van der Waals surface area contributed by atoms with Crippen molar-refractivity contribution < 1.29 is 17.9 Å². The number of carbonyl (C=O) groups is 1. The number of fused-ring (bicyclic) bond motifs is 1. The Kier molecular flexibility index (Phi) is 7.92. The van der Waals surface area contributed by atoms with E-state index in [-0.39, 0.29) is 11.0 Å². The van der Waals surface area contributed by atoms with Crippen LogP contribution in [-0.2, 0) is 21.2 Å². The first-order valence-electron chi connectivity index (χ1n) is 12.0. The Balaban J connectivity index is 1.45. The van der Waals surface area contributed by atoms with Crippen LogP contribution in [0.15, 0.2) is 70.0 Å². The van der Waals surface area contributed by atoms with Gasteiger partial charge >= 0.3 is 6.09 Å². The molecule has 1 N–H and O–H groups in total. The summed E-state index contributed by atoms with van der Waals surface area (Å²) in [5, 5.41) is 2.22. The normalized spacial score (nSPS) is 14.8. The summed E-state index contributed by atoms with van der Waals surface area (Å²) in [6.07, 6.45) is 0.295. The van der Waals surface area contributed by atoms with Crippen LogP contribution in [0.1, 0.15) is 26.3 Å². The third kappa shape index (κ3) is 6.19. The second kappa shape index (κ2) is 10.8. The first-order valence-corrected chi connectivity index (χ1v) is 14.3. The van der Waals surface area contributed by atoms with E-state index in [2.05, 4.69) is 49.8 Å². The Hall–Kier alpha value is -2.62. The fourth-order valence-corrected chi connectivity index (χ4v) is 6.39. The summed E-state index contributed by atoms with van der Waals surface area (Å²) >= 11 is 3.32. The van der Waals surface area contributed by atoms with Crippen LogP contribution in [0.5, 0.6) is 0 Å². The minimum atomic E-state index is -3.61. The van der Waals surface area contributed by atoms with Crippen LogP contribution in [0.4, 0.5) is 10.5 Å². The highest BCUT2D eigenvalue weighted by atomic mass is 79.9. The zero-order valence-corrected chi connectivity index (χ0v) is 23.2. The molecule has 192 valence electrons. The monoisotopic (exact) mass is 573 g/mol. The number of rotatable bonds is 6. The highest BCUT2D eigenvalue weighted by molar-refractivity contribution is 9.10. The molecule has 1 saturated heterocycles. The molecule has 3 aromatic rings. The molecule has 0 radical (unpaired) electrons. The van der Waals surface area contributed by atoms with E-state index in [1.54, 1.807) is 29.2 Å². The summed E-state index contributed by atoms with van der Waals surface area (Å²) in [6.45, 7) is 8.55. The van der Waals surface area contributed by atoms with Crippen LogP contribution in [0.25, 0.3) is 10.8 Å². The molecule has 1 heterocycles. The zero-order chi connectivity index (χ0) is 25.9. The van der Waals surface area contributed by atoms with Crippen molar-refractivity contribution in [2.75, 3.05) is 37.6 Å². The molecule has 0 bridgehead atoms. The molecule has 0 spiro atoms. The molecule has 36 heavy (non-hydrogen) atoms. The van der Waals surface area contributed by atoms with E-state index in [0.717, 1.165) is 22.0 Å². The molecule has 0 atom stereocenters. The second-order valence-corrected chi connectivity index (χ2v) is 12.4. The van der Waals surface area contributed by atoms with Crippen LogP contribution < -0.4 is 9.62 Å². The number of nitrogens with one attached hydrogen (secondary N) is 1. The summed E-state index contributed by atoms with van der Waals surface area (Å²) in [6, 6.07) is 19.2. The summed E-state index contributed by atoms with van der Waals surface area (Å²) < 4.78 is 34.2. The number of hydrogen-bond acceptors (Lipinski definition) is 5. The molecule has 1 amide bonds. The molecular weight excluding hydrogens is 542 g/mol. The van der Waals surface area contributed by atoms with Gasteiger partial charge in [0.05, 0.1) is 4.90 Å². The third-order valence-corrected chi connectivity index (χ3v) is 8.55. The molecule has 1 fully saturated rings. The number of amides is 1. The summed E-state index contributed by atoms with van der Waals surface area (Å²) in [5.74, 6) is 0. The van der Waals surface area contributed by atoms with Crippen LogP contribution in [0.2, 0.25) is 0 Å². The summed E-state index contributed by atoms with van der Waals surface area (Å²) in [5.41, 5.74) is 1.69. The topological polar surface area (TPSA) is 79.0 Å². The lowest BCUT2D eigenvalue weighted by Gasteiger charge is -2.37. The molecule has 0 aromatic heterocycles. The molecule has 0 unspecified atom stereocenters. The molecule has 0 aliphatic carbocycles. The number of hydrogen-bond donors (Lipinski definition) is 1. The van der Waals surface area contributed by atoms with Gasteiger partial charge in [0.2, 0.25) is 10.0 Å². The Bertz CT molecular complexity index is 1350. The molecule has 1 aliphatic heterocycles. The van der Waals surface area contributed by atoms with Gasteiger partial charge in [0, 0.05) is 48.3 Å². The van der Waals surface area contributed by atoms with Gasteiger partial charge in [-0.25, -0.2) is 17.9 Å². The number of anilines is 1. The summed E-state index contributed by atoms with van der Waals surface area (Å²) in [4.78, 5) is 16.7. The number of carbonyl (C=O) groups excluding carboxylic acids is 1. The zero-order valence-electron chi connectivity index (χ0n) is 20.8. The third-order valence-electron chi connectivity index (χ3n) is 6.08. The van der Waals surface area contributed by atoms with Crippen molar-refractivity contribution in [2.45, 2.75) is 37.7 Å². The Morgan fingerprint density at radius 2 is 1.58 bits per heavy atom. The molecule has 7 nitrogen and oxygen atoms in total. The Morgan fingerprint density at radius 3 is 2.25 bits per heavy atom. The maximum atomic E-state index is 12.7. The molecule has 9 heteroatoms. The summed E-state index contributed by atoms with van der Waals surface area (Å²) in [7, 11) is -3.61. The number of ether oxygens (including phenoxy) is 1. The highest BCUT2D eigenvalue weighted by Gasteiger charge is 2.26. The van der Waals surface area contributed by atoms with Gasteiger partial charge in [-0.1, -0.05) is 42.5 Å². The minimum absolute atomic E-state index is 0.232. The van der Waals surface area contributed by atoms with E-state index in [0.29, 0.717) is 43.6 Å². The van der Waals surface area contributed by atoms with Crippen LogP contribution in [-0.4, -0.2) is 57.7 Å². The highest BCUT2D eigenvalue weighted by Crippen LogP contribution is 2.31. The van der Waals surface area contributed by atoms with Crippen molar-refractivity contribution in [3.63, 3.8) is 0 Å². The molecule has 4 rings (SSSR count). The van der Waals surface area contributed by atoms with Gasteiger partial charge in [-0.05, 0) is 72.3 Å². The smallest absolute Gasteiger partial charge is 0.410 e. The Labute approximate surface area is 221 Å². The van der Waals surface area contributed by atoms with Crippen LogP contribution in [0, 0.1) is 0 Å². The van der Waals surface area contributed by atoms with E-state index in [4.69, 9.17) is 4.74 Å². The van der Waals surface area contributed by atoms with Gasteiger partial charge < -0.3 is 14.5 Å². The lowest BCUT2D eigenvalue weighted by atomic mass is 10.00. The molecule has 3 aromatic carbocycles. The average Bonchev–Trinajstić information content (AvgIpc) is 2.83. The lowest BCUT2D eigenvalue weighted by molar-refractivity contribution is 0.0240. The van der Waals surface area contributed by atoms with E-state index < -0.39 is 15.6 Å². The predicted molar refractivity (Wildman–Crippen MR) is 147 cm³/mol. The standard InChI is InChI=1S/C27H32BrN3O4S/c1-27(2,3)35-26(32)31-18-16-30(17-19-31)24-13-12-20(21-8-4-5-9-22(21)24)14-15-29-36(33,34)25-11-7-6-10-23(25)28/h4-13,29H,14-19H2,1-3H3. The van der Waals surface area contributed by atoms with Gasteiger partial charge in [-0.15, -0.1) is 0 Å². The second-order valence-electron chi connectivity index (χ2n) is 9.82. The molecular formula is C27H32BrN3O4S. The van der Waals surface area contributed by atoms with Crippen molar-refractivity contribution in [3.05, 3.63) is 70.7 Å². The van der Waals surface area contributed by atoms with Crippen molar-refractivity contribution >= 4 is 48.5 Å². The fraction of sp³-hybridized carbons (Fsp3) is 0.370. The number of sulfonamides is 1. The number of benzene rings is 3. The van der Waals surface area contributed by atoms with Crippen molar-refractivity contribution in [2.24, 2.45) is 0 Å². The van der Waals surface area contributed by atoms with Gasteiger partial charge in [0.15, 0.2) is 0 Å². The van der Waals surface area contributed by atoms with Crippen molar-refractivity contribution in [3.8, 4) is 0 Å². The van der Waals surface area contributed by atoms with E-state index >= 15 is 0 Å². The maximum absolute atomic E-state index is 12.7. The van der Waals surface area contributed by atoms with Crippen LogP contribution in [0.3, 0.4) is 0 Å². The fourth-order valence-electron chi connectivity index (χ4n) is 4.36. The van der Waals surface area contributed by atoms with E-state index in [1.807, 2.05) is 32.9 Å². The number of nitrogens with zero attached hydrogens (tertiary/aromatic N) is 2. The molecule has 0 saturated carbocycles. The number of piperazine rings is 1. The first kappa shape index (κ1) is 26.4. The number of halogens is 1. The molecule has 1 aliphatic rings. The van der Waals surface area contributed by atoms with Crippen molar-refractivity contribution in [1.82, 2.24) is 9.62 Å². The lowest BCUT2D eigenvalue weighted by Crippen LogP contribution is -2.50. The largest absolute Gasteiger partial charge is 0.444 e. The van der Waals surface area contributed by atoms with Gasteiger partial charge in [0.1, 0.15) is 5.60 Å². The quantitative estimate of drug-likeness (QED) is 0.439. The van der Waals surface area contributed by atoms with E-state index in [9.17, 15) is 13.2 Å². The minimum Gasteiger partial charge on any atom is -0.444 e. The van der Waals surface area contributed by atoms with Crippen molar-refractivity contribution in [1.29, 1.82) is 0 Å². The van der Waals surface area contributed by atoms with Crippen LogP contribution >= 0.6 is 15.9 Å². The van der Waals surface area contributed by atoms with Gasteiger partial charge in [-0.3, -0.25) is 0 Å². The predicted octanol–water partition coefficient (Wildman–Crippen LogP) is 5.18. The van der Waals surface area contributed by atoms with Gasteiger partial charge in [-0.2, -0.15) is 0 Å². The average molecular weight is 575 g/mol. The SMILES string of the molecule is CC(C)(C)OC(=O)N1CCN(c2ccc(CCNS(=O)(=O)c3ccccc3Br)c3ccccc23)CC1.